The Morgan fingerprint density at radius 2 is 1.75 bits per heavy atom. The van der Waals surface area contributed by atoms with Gasteiger partial charge in [0.05, 0.1) is 5.56 Å². The molecule has 0 aliphatic rings. The van der Waals surface area contributed by atoms with Gasteiger partial charge in [0.1, 0.15) is 0 Å². The number of halogens is 4. The highest BCUT2D eigenvalue weighted by atomic mass is 35.5. The fourth-order valence-electron chi connectivity index (χ4n) is 0.738. The van der Waals surface area contributed by atoms with Crippen LogP contribution in [0.25, 0.3) is 0 Å². The molecule has 0 spiro atoms. The van der Waals surface area contributed by atoms with E-state index in [1.807, 2.05) is 0 Å². The van der Waals surface area contributed by atoms with Crippen LogP contribution in [-0.2, 0) is 6.18 Å². The SMILES string of the molecule is FC(F)(F)c1cc(S)cc(Cl)c1. The molecule has 0 bridgehead atoms. The van der Waals surface area contributed by atoms with Gasteiger partial charge in [0, 0.05) is 9.92 Å². The van der Waals surface area contributed by atoms with Crippen molar-refractivity contribution in [2.24, 2.45) is 0 Å². The molecular formula is C7H4ClF3S. The molecule has 0 aliphatic carbocycles. The van der Waals surface area contributed by atoms with Crippen LogP contribution in [0.1, 0.15) is 5.56 Å². The van der Waals surface area contributed by atoms with Crippen molar-refractivity contribution in [3.05, 3.63) is 28.8 Å². The number of hydrogen-bond donors (Lipinski definition) is 1. The van der Waals surface area contributed by atoms with E-state index < -0.39 is 11.7 Å². The van der Waals surface area contributed by atoms with Crippen LogP contribution in [0.5, 0.6) is 0 Å². The number of benzene rings is 1. The van der Waals surface area contributed by atoms with Crippen molar-refractivity contribution >= 4 is 24.2 Å². The molecule has 0 saturated heterocycles. The summed E-state index contributed by atoms with van der Waals surface area (Å²) in [6, 6.07) is 3.14. The molecule has 1 aromatic rings. The second-order valence-electron chi connectivity index (χ2n) is 2.20. The Labute approximate surface area is 77.8 Å². The third kappa shape index (κ3) is 2.32. The lowest BCUT2D eigenvalue weighted by molar-refractivity contribution is -0.137. The van der Waals surface area contributed by atoms with Crippen molar-refractivity contribution in [3.8, 4) is 0 Å². The van der Waals surface area contributed by atoms with E-state index in [-0.39, 0.29) is 9.92 Å². The van der Waals surface area contributed by atoms with Gasteiger partial charge in [-0.05, 0) is 18.2 Å². The Bertz CT molecular complexity index is 275. The molecule has 5 heteroatoms. The maximum atomic E-state index is 12.1. The summed E-state index contributed by atoms with van der Waals surface area (Å²) in [7, 11) is 0. The number of alkyl halides is 3. The van der Waals surface area contributed by atoms with E-state index in [1.165, 1.54) is 6.07 Å². The monoisotopic (exact) mass is 212 g/mol. The first-order valence-corrected chi connectivity index (χ1v) is 3.79. The standard InChI is InChI=1S/C7H4ClF3S/c8-5-1-4(7(9,10)11)2-6(12)3-5/h1-3,12H. The Kier molecular flexibility index (Phi) is 2.58. The summed E-state index contributed by atoms with van der Waals surface area (Å²) in [5, 5.41) is 0.0369. The van der Waals surface area contributed by atoms with Crippen LogP contribution < -0.4 is 0 Å². The van der Waals surface area contributed by atoms with E-state index in [0.717, 1.165) is 12.1 Å². The minimum atomic E-state index is -4.36. The Hall–Kier alpha value is -0.350. The number of rotatable bonds is 0. The predicted octanol–water partition coefficient (Wildman–Crippen LogP) is 3.65. The third-order valence-corrected chi connectivity index (χ3v) is 1.69. The lowest BCUT2D eigenvalue weighted by atomic mass is 10.2. The summed E-state index contributed by atoms with van der Waals surface area (Å²) in [6.07, 6.45) is -4.36. The molecule has 0 fully saturated rings. The van der Waals surface area contributed by atoms with Crippen LogP contribution in [-0.4, -0.2) is 0 Å². The highest BCUT2D eigenvalue weighted by Gasteiger charge is 2.30. The normalized spacial score (nSPS) is 11.8. The summed E-state index contributed by atoms with van der Waals surface area (Å²) in [4.78, 5) is 0.204. The van der Waals surface area contributed by atoms with E-state index in [4.69, 9.17) is 11.6 Å². The molecule has 0 N–H and O–H groups in total. The van der Waals surface area contributed by atoms with E-state index in [9.17, 15) is 13.2 Å². The minimum absolute atomic E-state index is 0.0369. The summed E-state index contributed by atoms with van der Waals surface area (Å²) < 4.78 is 36.2. The molecule has 0 atom stereocenters. The van der Waals surface area contributed by atoms with Gasteiger partial charge in [0.25, 0.3) is 0 Å². The van der Waals surface area contributed by atoms with Gasteiger partial charge in [0.2, 0.25) is 0 Å². The van der Waals surface area contributed by atoms with E-state index >= 15 is 0 Å². The van der Waals surface area contributed by atoms with Crippen molar-refractivity contribution in [2.75, 3.05) is 0 Å². The Balaban J connectivity index is 3.18. The van der Waals surface area contributed by atoms with Gasteiger partial charge in [0.15, 0.2) is 0 Å². The quantitative estimate of drug-likeness (QED) is 0.624. The molecule has 0 amide bonds. The van der Waals surface area contributed by atoms with Crippen LogP contribution >= 0.6 is 24.2 Å². The van der Waals surface area contributed by atoms with Gasteiger partial charge in [-0.1, -0.05) is 11.6 Å². The van der Waals surface area contributed by atoms with Crippen molar-refractivity contribution in [2.45, 2.75) is 11.1 Å². The molecule has 0 saturated carbocycles. The van der Waals surface area contributed by atoms with Gasteiger partial charge in [-0.15, -0.1) is 12.6 Å². The maximum Gasteiger partial charge on any atom is 0.416 e. The molecule has 1 rings (SSSR count). The average molecular weight is 213 g/mol. The molecule has 0 unspecified atom stereocenters. The maximum absolute atomic E-state index is 12.1. The number of hydrogen-bond acceptors (Lipinski definition) is 1. The molecule has 0 aliphatic heterocycles. The zero-order valence-corrected chi connectivity index (χ0v) is 7.34. The van der Waals surface area contributed by atoms with Gasteiger partial charge in [-0.3, -0.25) is 0 Å². The van der Waals surface area contributed by atoms with E-state index in [0.29, 0.717) is 0 Å². The van der Waals surface area contributed by atoms with Crippen molar-refractivity contribution < 1.29 is 13.2 Å². The second kappa shape index (κ2) is 3.18. The molecule has 12 heavy (non-hydrogen) atoms. The van der Waals surface area contributed by atoms with Crippen molar-refractivity contribution in [1.29, 1.82) is 0 Å². The summed E-state index contributed by atoms with van der Waals surface area (Å²) in [5.74, 6) is 0. The first-order chi connectivity index (χ1) is 5.39. The second-order valence-corrected chi connectivity index (χ2v) is 3.15. The molecule has 0 heterocycles. The largest absolute Gasteiger partial charge is 0.416 e. The van der Waals surface area contributed by atoms with E-state index in [1.54, 1.807) is 0 Å². The van der Waals surface area contributed by atoms with Crippen molar-refractivity contribution in [3.63, 3.8) is 0 Å². The summed E-state index contributed by atoms with van der Waals surface area (Å²) in [5.41, 5.74) is -0.778. The molecule has 1 aromatic carbocycles. The first kappa shape index (κ1) is 9.74. The smallest absolute Gasteiger partial charge is 0.166 e. The first-order valence-electron chi connectivity index (χ1n) is 2.96. The van der Waals surface area contributed by atoms with Gasteiger partial charge in [-0.2, -0.15) is 13.2 Å². The van der Waals surface area contributed by atoms with Gasteiger partial charge in [-0.25, -0.2) is 0 Å². The highest BCUT2D eigenvalue weighted by molar-refractivity contribution is 7.80. The lowest BCUT2D eigenvalue weighted by Crippen LogP contribution is -2.04. The zero-order chi connectivity index (χ0) is 9.35. The van der Waals surface area contributed by atoms with Crippen LogP contribution in [0.4, 0.5) is 13.2 Å². The summed E-state index contributed by atoms with van der Waals surface area (Å²) >= 11 is 9.18. The van der Waals surface area contributed by atoms with Crippen LogP contribution in [0.3, 0.4) is 0 Å². The Morgan fingerprint density at radius 1 is 1.17 bits per heavy atom. The fraction of sp³-hybridized carbons (Fsp3) is 0.143. The van der Waals surface area contributed by atoms with Gasteiger partial charge < -0.3 is 0 Å². The predicted molar refractivity (Wildman–Crippen MR) is 43.7 cm³/mol. The zero-order valence-electron chi connectivity index (χ0n) is 5.69. The molecule has 0 radical (unpaired) electrons. The van der Waals surface area contributed by atoms with E-state index in [2.05, 4.69) is 12.6 Å². The van der Waals surface area contributed by atoms with Crippen LogP contribution in [0.2, 0.25) is 5.02 Å². The highest BCUT2D eigenvalue weighted by Crippen LogP contribution is 2.32. The molecule has 0 nitrogen and oxygen atoms in total. The van der Waals surface area contributed by atoms with Crippen molar-refractivity contribution in [1.82, 2.24) is 0 Å². The van der Waals surface area contributed by atoms with Crippen LogP contribution in [0.15, 0.2) is 23.1 Å². The third-order valence-electron chi connectivity index (χ3n) is 1.21. The Morgan fingerprint density at radius 3 is 2.17 bits per heavy atom. The van der Waals surface area contributed by atoms with Crippen LogP contribution in [0, 0.1) is 0 Å². The fourth-order valence-corrected chi connectivity index (χ4v) is 1.33. The topological polar surface area (TPSA) is 0 Å². The summed E-state index contributed by atoms with van der Waals surface area (Å²) in [6.45, 7) is 0. The minimum Gasteiger partial charge on any atom is -0.166 e. The lowest BCUT2D eigenvalue weighted by Gasteiger charge is -2.06. The number of thiol groups is 1. The van der Waals surface area contributed by atoms with Gasteiger partial charge >= 0.3 is 6.18 Å². The molecular weight excluding hydrogens is 209 g/mol. The molecule has 66 valence electrons. The molecule has 0 aromatic heterocycles. The average Bonchev–Trinajstić information content (AvgIpc) is 1.82.